The Labute approximate surface area is 121 Å². The first-order chi connectivity index (χ1) is 9.93. The van der Waals surface area contributed by atoms with Crippen molar-refractivity contribution in [3.63, 3.8) is 0 Å². The molecule has 1 aromatic carbocycles. The number of anilines is 1. The number of hydrogen-bond donors (Lipinski definition) is 2. The highest BCUT2D eigenvalue weighted by Gasteiger charge is 2.32. The molecule has 8 heteroatoms. The lowest BCUT2D eigenvalue weighted by atomic mass is 10.0. The van der Waals surface area contributed by atoms with E-state index in [4.69, 9.17) is 15.3 Å². The zero-order valence-corrected chi connectivity index (χ0v) is 11.8. The normalized spacial score (nSPS) is 19.3. The zero-order chi connectivity index (χ0) is 15.6. The number of carbonyl (C=O) groups is 2. The van der Waals surface area contributed by atoms with E-state index < -0.39 is 18.1 Å². The molecular formula is C13H17N3O5. The van der Waals surface area contributed by atoms with Gasteiger partial charge in [-0.15, -0.1) is 0 Å². The van der Waals surface area contributed by atoms with Gasteiger partial charge in [-0.2, -0.15) is 5.01 Å². The Morgan fingerprint density at radius 3 is 2.95 bits per heavy atom. The Kier molecular flexibility index (Phi) is 4.29. The van der Waals surface area contributed by atoms with E-state index in [0.717, 1.165) is 10.2 Å². The Morgan fingerprint density at radius 1 is 1.57 bits per heavy atom. The average Bonchev–Trinajstić information content (AvgIpc) is 2.41. The van der Waals surface area contributed by atoms with E-state index in [2.05, 4.69) is 0 Å². The molecule has 0 aliphatic carbocycles. The number of carbonyl (C=O) groups excluding carboxylic acids is 2. The van der Waals surface area contributed by atoms with Crippen LogP contribution in [0.2, 0.25) is 0 Å². The van der Waals surface area contributed by atoms with Crippen molar-refractivity contribution in [2.24, 2.45) is 5.73 Å². The molecule has 1 heterocycles. The summed E-state index contributed by atoms with van der Waals surface area (Å²) in [6, 6.07) is 3.58. The molecule has 0 spiro atoms. The summed E-state index contributed by atoms with van der Waals surface area (Å²) in [5, 5.41) is 11.6. The van der Waals surface area contributed by atoms with Crippen molar-refractivity contribution in [1.29, 1.82) is 0 Å². The largest absolute Gasteiger partial charge is 0.508 e. The highest BCUT2D eigenvalue weighted by molar-refractivity contribution is 5.89. The molecule has 1 aromatic rings. The van der Waals surface area contributed by atoms with E-state index >= 15 is 0 Å². The minimum absolute atomic E-state index is 0.0306. The summed E-state index contributed by atoms with van der Waals surface area (Å²) in [6.07, 6.45) is -0.548. The maximum atomic E-state index is 12.1. The van der Waals surface area contributed by atoms with Gasteiger partial charge in [0.25, 0.3) is 0 Å². The summed E-state index contributed by atoms with van der Waals surface area (Å²) in [6.45, 7) is 1.82. The molecule has 0 radical (unpaired) electrons. The first kappa shape index (κ1) is 15.1. The van der Waals surface area contributed by atoms with E-state index in [0.29, 0.717) is 11.3 Å². The van der Waals surface area contributed by atoms with Gasteiger partial charge in [-0.25, -0.2) is 9.59 Å². The van der Waals surface area contributed by atoms with Crippen LogP contribution in [0.25, 0.3) is 0 Å². The predicted octanol–water partition coefficient (Wildman–Crippen LogP) is 0.543. The van der Waals surface area contributed by atoms with Gasteiger partial charge < -0.3 is 20.4 Å². The number of rotatable bonds is 1. The third-order valence-electron chi connectivity index (χ3n) is 2.98. The van der Waals surface area contributed by atoms with Gasteiger partial charge in [-0.1, -0.05) is 6.07 Å². The average molecular weight is 295 g/mol. The number of hydrazine groups is 1. The van der Waals surface area contributed by atoms with Gasteiger partial charge in [0.1, 0.15) is 11.8 Å². The Balaban J connectivity index is 2.51. The second kappa shape index (κ2) is 5.98. The summed E-state index contributed by atoms with van der Waals surface area (Å²) >= 11 is 0. The highest BCUT2D eigenvalue weighted by atomic mass is 16.8. The number of benzene rings is 1. The van der Waals surface area contributed by atoms with Crippen molar-refractivity contribution in [2.75, 3.05) is 18.7 Å². The van der Waals surface area contributed by atoms with Gasteiger partial charge in [0, 0.05) is 19.5 Å². The van der Waals surface area contributed by atoms with Crippen molar-refractivity contribution in [2.45, 2.75) is 19.4 Å². The first-order valence-corrected chi connectivity index (χ1v) is 6.43. The van der Waals surface area contributed by atoms with Crippen LogP contribution in [0, 0.1) is 0 Å². The van der Waals surface area contributed by atoms with Crippen LogP contribution < -0.4 is 10.7 Å². The maximum absolute atomic E-state index is 12.1. The minimum atomic E-state index is -0.861. The lowest BCUT2D eigenvalue weighted by molar-refractivity contribution is -0.187. The fraction of sp³-hybridized carbons (Fsp3) is 0.385. The summed E-state index contributed by atoms with van der Waals surface area (Å²) in [5.74, 6) is -0.692. The molecule has 1 aliphatic heterocycles. The molecule has 2 rings (SSSR count). The number of hydrogen-bond acceptors (Lipinski definition) is 7. The number of hydroxylamine groups is 1. The molecule has 0 bridgehead atoms. The van der Waals surface area contributed by atoms with E-state index in [-0.39, 0.29) is 18.8 Å². The quantitative estimate of drug-likeness (QED) is 0.779. The fourth-order valence-corrected chi connectivity index (χ4v) is 2.03. The first-order valence-electron chi connectivity index (χ1n) is 6.43. The molecule has 0 fully saturated rings. The van der Waals surface area contributed by atoms with Crippen LogP contribution in [0.5, 0.6) is 5.75 Å². The number of phenolic OH excluding ortho intramolecular Hbond substituents is 1. The zero-order valence-electron chi connectivity index (χ0n) is 11.8. The van der Waals surface area contributed by atoms with E-state index in [1.807, 2.05) is 0 Å². The molecule has 1 unspecified atom stereocenters. The fourth-order valence-electron chi connectivity index (χ4n) is 2.03. The minimum Gasteiger partial charge on any atom is -0.508 e. The van der Waals surface area contributed by atoms with Gasteiger partial charge in [-0.3, -0.25) is 0 Å². The molecule has 3 N–H and O–H groups in total. The third-order valence-corrected chi connectivity index (χ3v) is 2.98. The van der Waals surface area contributed by atoms with Gasteiger partial charge in [0.05, 0.1) is 12.3 Å². The number of nitrogens with zero attached hydrogens (tertiary/aromatic N) is 2. The van der Waals surface area contributed by atoms with Crippen molar-refractivity contribution >= 4 is 17.7 Å². The Bertz CT molecular complexity index is 563. The maximum Gasteiger partial charge on any atom is 0.431 e. The van der Waals surface area contributed by atoms with Crippen LogP contribution in [0.3, 0.4) is 0 Å². The number of aromatic hydroxyl groups is 1. The molecule has 1 amide bonds. The smallest absolute Gasteiger partial charge is 0.431 e. The van der Waals surface area contributed by atoms with E-state index in [9.17, 15) is 14.7 Å². The molecule has 114 valence electrons. The van der Waals surface area contributed by atoms with E-state index in [1.165, 1.54) is 19.2 Å². The van der Waals surface area contributed by atoms with Gasteiger partial charge in [-0.05, 0) is 23.7 Å². The van der Waals surface area contributed by atoms with Crippen molar-refractivity contribution < 1.29 is 24.3 Å². The molecule has 1 aliphatic rings. The second-order valence-corrected chi connectivity index (χ2v) is 4.51. The molecule has 0 aromatic heterocycles. The van der Waals surface area contributed by atoms with Crippen molar-refractivity contribution in [3.05, 3.63) is 23.8 Å². The molecule has 0 saturated carbocycles. The second-order valence-electron chi connectivity index (χ2n) is 4.51. The number of fused-ring (bicyclic) bond motifs is 1. The van der Waals surface area contributed by atoms with Crippen LogP contribution >= 0.6 is 0 Å². The predicted molar refractivity (Wildman–Crippen MR) is 73.1 cm³/mol. The lowest BCUT2D eigenvalue weighted by Gasteiger charge is -2.33. The number of ether oxygens (including phenoxy) is 1. The van der Waals surface area contributed by atoms with Gasteiger partial charge in [0.2, 0.25) is 0 Å². The number of nitrogens with two attached hydrogens (primary N) is 1. The molecule has 0 saturated heterocycles. The molecular weight excluding hydrogens is 278 g/mol. The van der Waals surface area contributed by atoms with Crippen LogP contribution in [0.15, 0.2) is 18.2 Å². The lowest BCUT2D eigenvalue weighted by Crippen LogP contribution is -2.50. The Morgan fingerprint density at radius 2 is 2.29 bits per heavy atom. The van der Waals surface area contributed by atoms with Crippen LogP contribution in [-0.2, 0) is 20.8 Å². The summed E-state index contributed by atoms with van der Waals surface area (Å²) < 4.78 is 4.95. The summed E-state index contributed by atoms with van der Waals surface area (Å²) in [5.41, 5.74) is 6.71. The van der Waals surface area contributed by atoms with E-state index in [1.54, 1.807) is 13.0 Å². The van der Waals surface area contributed by atoms with Gasteiger partial charge >= 0.3 is 12.1 Å². The molecule has 8 nitrogen and oxygen atoms in total. The SMILES string of the molecule is CCOC(=O)N1c2cc(O)ccc2CC(N)C(=O)ON1C. The van der Waals surface area contributed by atoms with Crippen LogP contribution in [0.4, 0.5) is 10.5 Å². The summed E-state index contributed by atoms with van der Waals surface area (Å²) in [7, 11) is 1.38. The van der Waals surface area contributed by atoms with Crippen LogP contribution in [0.1, 0.15) is 12.5 Å². The third kappa shape index (κ3) is 3.06. The standard InChI is InChI=1S/C13H17N3O5/c1-3-20-13(19)16-11-7-9(17)5-4-8(11)6-10(14)12(18)21-15(16)2/h4-5,7,10,17H,3,6,14H2,1-2H3. The molecule has 21 heavy (non-hydrogen) atoms. The highest BCUT2D eigenvalue weighted by Crippen LogP contribution is 2.29. The number of amides is 1. The van der Waals surface area contributed by atoms with Crippen LogP contribution in [-0.4, -0.2) is 42.0 Å². The van der Waals surface area contributed by atoms with Crippen molar-refractivity contribution in [1.82, 2.24) is 5.17 Å². The summed E-state index contributed by atoms with van der Waals surface area (Å²) in [4.78, 5) is 28.8. The monoisotopic (exact) mass is 295 g/mol. The van der Waals surface area contributed by atoms with Crippen molar-refractivity contribution in [3.8, 4) is 5.75 Å². The van der Waals surface area contributed by atoms with Gasteiger partial charge in [0.15, 0.2) is 0 Å². The number of phenols is 1. The topological polar surface area (TPSA) is 105 Å². The Hall–Kier alpha value is -2.32. The molecule has 1 atom stereocenters.